The van der Waals surface area contributed by atoms with Gasteiger partial charge in [-0.2, -0.15) is 4.98 Å². The monoisotopic (exact) mass is 432 g/mol. The Morgan fingerprint density at radius 2 is 1.81 bits per heavy atom. The van der Waals surface area contributed by atoms with E-state index in [1.54, 1.807) is 18.3 Å². The van der Waals surface area contributed by atoms with Gasteiger partial charge in [0.2, 0.25) is 18.5 Å². The number of ether oxygens (including phenoxy) is 2. The van der Waals surface area contributed by atoms with Crippen LogP contribution in [0.5, 0.6) is 11.5 Å². The number of aromatic nitrogens is 3. The quantitative estimate of drug-likeness (QED) is 0.412. The summed E-state index contributed by atoms with van der Waals surface area (Å²) in [6.07, 6.45) is 2.56. The molecule has 0 bridgehead atoms. The van der Waals surface area contributed by atoms with Crippen molar-refractivity contribution in [1.82, 2.24) is 20.0 Å². The van der Waals surface area contributed by atoms with E-state index in [0.29, 0.717) is 36.3 Å². The summed E-state index contributed by atoms with van der Waals surface area (Å²) in [6.45, 7) is 2.03. The Morgan fingerprint density at radius 3 is 2.66 bits per heavy atom. The molecule has 7 nitrogen and oxygen atoms in total. The molecule has 5 rings (SSSR count). The Morgan fingerprint density at radius 1 is 0.938 bits per heavy atom. The number of nitrogens with zero attached hydrogens (tertiary/aromatic N) is 4. The maximum absolute atomic E-state index is 13.3. The minimum Gasteiger partial charge on any atom is -0.454 e. The fourth-order valence-corrected chi connectivity index (χ4v) is 3.54. The van der Waals surface area contributed by atoms with Crippen molar-refractivity contribution in [3.8, 4) is 22.9 Å². The summed E-state index contributed by atoms with van der Waals surface area (Å²) >= 11 is 0. The second kappa shape index (κ2) is 9.15. The molecule has 0 saturated carbocycles. The van der Waals surface area contributed by atoms with Gasteiger partial charge in [0, 0.05) is 37.0 Å². The fraction of sp³-hybridized carbons (Fsp3) is 0.208. The number of hydrogen-bond donors (Lipinski definition) is 0. The molecule has 0 atom stereocenters. The van der Waals surface area contributed by atoms with Crippen LogP contribution in [0.3, 0.4) is 0 Å². The molecule has 0 unspecified atom stereocenters. The van der Waals surface area contributed by atoms with E-state index in [1.165, 1.54) is 12.1 Å². The summed E-state index contributed by atoms with van der Waals surface area (Å²) in [6, 6.07) is 17.9. The molecule has 0 fully saturated rings. The van der Waals surface area contributed by atoms with Gasteiger partial charge in [-0.25, -0.2) is 4.39 Å². The molecule has 0 saturated heterocycles. The van der Waals surface area contributed by atoms with Gasteiger partial charge in [0.25, 0.3) is 0 Å². The van der Waals surface area contributed by atoms with Crippen molar-refractivity contribution in [2.45, 2.75) is 19.5 Å². The van der Waals surface area contributed by atoms with Crippen molar-refractivity contribution in [2.75, 3.05) is 13.3 Å². The molecule has 2 aromatic carbocycles. The lowest BCUT2D eigenvalue weighted by atomic mass is 10.2. The van der Waals surface area contributed by atoms with Crippen molar-refractivity contribution in [1.29, 1.82) is 0 Å². The predicted molar refractivity (Wildman–Crippen MR) is 114 cm³/mol. The zero-order chi connectivity index (χ0) is 21.8. The van der Waals surface area contributed by atoms with E-state index in [4.69, 9.17) is 14.0 Å². The Bertz CT molecular complexity index is 1180. The van der Waals surface area contributed by atoms with Gasteiger partial charge in [-0.05, 0) is 48.0 Å². The first-order valence-electron chi connectivity index (χ1n) is 10.3. The number of fused-ring (bicyclic) bond motifs is 1. The fourth-order valence-electron chi connectivity index (χ4n) is 3.54. The number of halogens is 1. The molecule has 4 aromatic rings. The van der Waals surface area contributed by atoms with Crippen molar-refractivity contribution in [3.05, 3.63) is 89.8 Å². The van der Waals surface area contributed by atoms with Crippen LogP contribution < -0.4 is 9.47 Å². The first-order valence-corrected chi connectivity index (χ1v) is 10.3. The van der Waals surface area contributed by atoms with Crippen LogP contribution in [-0.4, -0.2) is 33.4 Å². The lowest BCUT2D eigenvalue weighted by molar-refractivity contribution is 0.174. The first kappa shape index (κ1) is 20.1. The van der Waals surface area contributed by atoms with E-state index < -0.39 is 0 Å². The van der Waals surface area contributed by atoms with Crippen molar-refractivity contribution < 1.29 is 18.4 Å². The molecule has 1 aliphatic heterocycles. The second-order valence-corrected chi connectivity index (χ2v) is 7.49. The minimum atomic E-state index is -0.251. The summed E-state index contributed by atoms with van der Waals surface area (Å²) < 4.78 is 29.6. The number of rotatable bonds is 8. The standard InChI is InChI=1S/C24H21FN4O3/c25-19-7-4-17(5-8-19)14-29(12-10-20-3-1-2-11-26-20)15-23-27-24(28-32-23)18-6-9-21-22(13-18)31-16-30-21/h1-9,11,13H,10,12,14-16H2. The van der Waals surface area contributed by atoms with Crippen LogP contribution >= 0.6 is 0 Å². The molecular weight excluding hydrogens is 411 g/mol. The molecule has 8 heteroatoms. The Kier molecular flexibility index (Phi) is 5.76. The van der Waals surface area contributed by atoms with Crippen molar-refractivity contribution in [2.24, 2.45) is 0 Å². The van der Waals surface area contributed by atoms with E-state index in [-0.39, 0.29) is 12.6 Å². The third kappa shape index (κ3) is 4.76. The van der Waals surface area contributed by atoms with E-state index in [1.807, 2.05) is 36.4 Å². The van der Waals surface area contributed by atoms with Gasteiger partial charge in [-0.15, -0.1) is 0 Å². The molecule has 0 radical (unpaired) electrons. The van der Waals surface area contributed by atoms with Crippen LogP contribution in [0.15, 0.2) is 71.4 Å². The Labute approximate surface area is 184 Å². The topological polar surface area (TPSA) is 73.5 Å². The molecule has 0 N–H and O–H groups in total. The molecule has 0 spiro atoms. The third-order valence-electron chi connectivity index (χ3n) is 5.19. The van der Waals surface area contributed by atoms with E-state index in [9.17, 15) is 4.39 Å². The maximum Gasteiger partial charge on any atom is 0.241 e. The molecule has 1 aliphatic rings. The van der Waals surface area contributed by atoms with E-state index >= 15 is 0 Å². The first-order chi connectivity index (χ1) is 15.7. The van der Waals surface area contributed by atoms with Crippen molar-refractivity contribution in [3.63, 3.8) is 0 Å². The highest BCUT2D eigenvalue weighted by molar-refractivity contribution is 5.61. The Hall–Kier alpha value is -3.78. The van der Waals surface area contributed by atoms with E-state index in [2.05, 4.69) is 20.0 Å². The highest BCUT2D eigenvalue weighted by Crippen LogP contribution is 2.35. The van der Waals surface area contributed by atoms with Crippen molar-refractivity contribution >= 4 is 0 Å². The zero-order valence-corrected chi connectivity index (χ0v) is 17.3. The average molecular weight is 432 g/mol. The van der Waals surface area contributed by atoms with Gasteiger partial charge >= 0.3 is 0 Å². The SMILES string of the molecule is Fc1ccc(CN(CCc2ccccn2)Cc2nc(-c3ccc4c(c3)OCO4)no2)cc1. The number of benzene rings is 2. The van der Waals surface area contributed by atoms with Gasteiger partial charge < -0.3 is 14.0 Å². The third-order valence-corrected chi connectivity index (χ3v) is 5.19. The lowest BCUT2D eigenvalue weighted by Gasteiger charge is -2.20. The van der Waals surface area contributed by atoms with Crippen LogP contribution in [0.1, 0.15) is 17.1 Å². The smallest absolute Gasteiger partial charge is 0.241 e. The van der Waals surface area contributed by atoms with Gasteiger partial charge in [-0.3, -0.25) is 9.88 Å². The average Bonchev–Trinajstić information content (AvgIpc) is 3.48. The molecule has 32 heavy (non-hydrogen) atoms. The molecule has 2 aromatic heterocycles. The summed E-state index contributed by atoms with van der Waals surface area (Å²) in [4.78, 5) is 11.1. The maximum atomic E-state index is 13.3. The zero-order valence-electron chi connectivity index (χ0n) is 17.3. The summed E-state index contributed by atoms with van der Waals surface area (Å²) in [5.74, 6) is 2.12. The molecule has 0 amide bonds. The summed E-state index contributed by atoms with van der Waals surface area (Å²) in [7, 11) is 0. The lowest BCUT2D eigenvalue weighted by Crippen LogP contribution is -2.25. The molecular formula is C24H21FN4O3. The second-order valence-electron chi connectivity index (χ2n) is 7.49. The van der Waals surface area contributed by atoms with Gasteiger partial charge in [0.05, 0.1) is 6.54 Å². The Balaban J connectivity index is 1.31. The van der Waals surface area contributed by atoms with Crippen LogP contribution in [0.25, 0.3) is 11.4 Å². The van der Waals surface area contributed by atoms with Gasteiger partial charge in [0.15, 0.2) is 11.5 Å². The molecule has 0 aliphatic carbocycles. The predicted octanol–water partition coefficient (Wildman–Crippen LogP) is 4.24. The summed E-state index contributed by atoms with van der Waals surface area (Å²) in [5, 5.41) is 4.13. The van der Waals surface area contributed by atoms with Crippen LogP contribution in [-0.2, 0) is 19.5 Å². The highest BCUT2D eigenvalue weighted by atomic mass is 19.1. The number of hydrogen-bond acceptors (Lipinski definition) is 7. The van der Waals surface area contributed by atoms with E-state index in [0.717, 1.165) is 29.8 Å². The van der Waals surface area contributed by atoms with Gasteiger partial charge in [0.1, 0.15) is 5.82 Å². The van der Waals surface area contributed by atoms with Gasteiger partial charge in [-0.1, -0.05) is 23.4 Å². The van der Waals surface area contributed by atoms with Crippen LogP contribution in [0.2, 0.25) is 0 Å². The van der Waals surface area contributed by atoms with Crippen LogP contribution in [0, 0.1) is 5.82 Å². The normalized spacial score (nSPS) is 12.4. The largest absolute Gasteiger partial charge is 0.454 e. The highest BCUT2D eigenvalue weighted by Gasteiger charge is 2.18. The summed E-state index contributed by atoms with van der Waals surface area (Å²) in [5.41, 5.74) is 2.80. The van der Waals surface area contributed by atoms with Crippen LogP contribution in [0.4, 0.5) is 4.39 Å². The number of pyridine rings is 1. The molecule has 162 valence electrons. The minimum absolute atomic E-state index is 0.213. The molecule has 3 heterocycles.